The van der Waals surface area contributed by atoms with Crippen LogP contribution in [0.4, 0.5) is 17.1 Å². The third-order valence-electron chi connectivity index (χ3n) is 5.09. The number of anilines is 1. The molecule has 0 fully saturated rings. The molecule has 1 aromatic heterocycles. The average molecular weight is 457 g/mol. The van der Waals surface area contributed by atoms with Crippen LogP contribution in [0.15, 0.2) is 83.0 Å². The number of carbonyl (C=O) groups is 2. The maximum absolute atomic E-state index is 12.6. The van der Waals surface area contributed by atoms with Crippen LogP contribution in [0.3, 0.4) is 0 Å². The highest BCUT2D eigenvalue weighted by Gasteiger charge is 2.19. The Hall–Kier alpha value is -4.86. The van der Waals surface area contributed by atoms with Gasteiger partial charge in [-0.15, -0.1) is 10.2 Å². The fourth-order valence-corrected chi connectivity index (χ4v) is 3.48. The van der Waals surface area contributed by atoms with E-state index in [4.69, 9.17) is 0 Å². The number of nitrogens with one attached hydrogen (secondary N) is 1. The highest BCUT2D eigenvalue weighted by atomic mass is 16.6. The van der Waals surface area contributed by atoms with Crippen LogP contribution in [0.5, 0.6) is 5.88 Å². The van der Waals surface area contributed by atoms with Gasteiger partial charge >= 0.3 is 0 Å². The zero-order valence-electron chi connectivity index (χ0n) is 18.0. The smallest absolute Gasteiger partial charge is 0.295 e. The molecule has 4 rings (SSSR count). The van der Waals surface area contributed by atoms with Gasteiger partial charge in [0.05, 0.1) is 10.4 Å². The molecule has 1 heterocycles. The van der Waals surface area contributed by atoms with E-state index < -0.39 is 10.8 Å². The molecule has 0 aliphatic carbocycles. The number of aromatic nitrogens is 1. The second-order valence-corrected chi connectivity index (χ2v) is 7.50. The third-order valence-corrected chi connectivity index (χ3v) is 5.09. The normalized spacial score (nSPS) is 11.1. The second kappa shape index (κ2) is 9.33. The number of azo groups is 1. The van der Waals surface area contributed by atoms with E-state index in [1.54, 1.807) is 30.3 Å². The minimum absolute atomic E-state index is 0.0363. The van der Waals surface area contributed by atoms with Gasteiger partial charge in [-0.2, -0.15) is 0 Å². The number of hydrogen-bond donors (Lipinski definition) is 2. The van der Waals surface area contributed by atoms with Gasteiger partial charge in [0, 0.05) is 28.8 Å². The van der Waals surface area contributed by atoms with Crippen LogP contribution in [-0.2, 0) is 11.3 Å². The van der Waals surface area contributed by atoms with Crippen molar-refractivity contribution >= 4 is 39.8 Å². The molecule has 3 aromatic carbocycles. The molecule has 2 N–H and O–H groups in total. The summed E-state index contributed by atoms with van der Waals surface area (Å²) in [5.41, 5.74) is 2.15. The third kappa shape index (κ3) is 4.65. The first-order valence-corrected chi connectivity index (χ1v) is 10.2. The van der Waals surface area contributed by atoms with E-state index in [-0.39, 0.29) is 35.3 Å². The summed E-state index contributed by atoms with van der Waals surface area (Å²) in [5.74, 6) is -1.41. The van der Waals surface area contributed by atoms with E-state index in [2.05, 4.69) is 15.5 Å². The average Bonchev–Trinajstić information content (AvgIpc) is 3.08. The molecule has 0 saturated heterocycles. The lowest BCUT2D eigenvalue weighted by atomic mass is 10.2. The molecular weight excluding hydrogens is 438 g/mol. The lowest BCUT2D eigenvalue weighted by Crippen LogP contribution is -2.18. The van der Waals surface area contributed by atoms with Gasteiger partial charge in [0.1, 0.15) is 6.54 Å². The van der Waals surface area contributed by atoms with Crippen molar-refractivity contribution in [2.75, 3.05) is 5.32 Å². The van der Waals surface area contributed by atoms with Crippen LogP contribution in [0.25, 0.3) is 10.9 Å². The second-order valence-electron chi connectivity index (χ2n) is 7.50. The first-order valence-electron chi connectivity index (χ1n) is 10.2. The largest absolute Gasteiger partial charge is 0.493 e. The maximum Gasteiger partial charge on any atom is 0.295 e. The Bertz CT molecular complexity index is 1440. The van der Waals surface area contributed by atoms with Crippen LogP contribution in [0.1, 0.15) is 15.9 Å². The van der Waals surface area contributed by atoms with Crippen molar-refractivity contribution in [1.29, 1.82) is 0 Å². The highest BCUT2D eigenvalue weighted by Crippen LogP contribution is 2.38. The first kappa shape index (κ1) is 22.3. The number of nitrogens with zero attached hydrogens (tertiary/aromatic N) is 4. The Kier molecular flexibility index (Phi) is 6.13. The summed E-state index contributed by atoms with van der Waals surface area (Å²) in [4.78, 5) is 35.2. The van der Waals surface area contributed by atoms with Gasteiger partial charge in [-0.05, 0) is 42.8 Å². The molecule has 10 nitrogen and oxygen atoms in total. The van der Waals surface area contributed by atoms with Crippen molar-refractivity contribution in [2.45, 2.75) is 13.5 Å². The number of non-ortho nitro benzene ring substituents is 1. The minimum atomic E-state index is -0.733. The van der Waals surface area contributed by atoms with Crippen molar-refractivity contribution in [3.8, 4) is 5.88 Å². The fraction of sp³-hybridized carbons (Fsp3) is 0.0833. The number of hydrogen-bond acceptors (Lipinski definition) is 6. The molecule has 0 spiro atoms. The number of aryl methyl sites for hydroxylation is 1. The Morgan fingerprint density at radius 3 is 2.50 bits per heavy atom. The maximum atomic E-state index is 12.6. The fourth-order valence-electron chi connectivity index (χ4n) is 3.48. The quantitative estimate of drug-likeness (QED) is 0.235. The number of benzene rings is 3. The highest BCUT2D eigenvalue weighted by molar-refractivity contribution is 5.99. The SMILES string of the molecule is Cc1cccc(NC(=O)Cn2c(O)c(N=NC(=O)c3ccc([N+](=O)[O-])cc3)c3ccccc32)c1. The van der Waals surface area contributed by atoms with Gasteiger partial charge in [-0.1, -0.05) is 30.3 Å². The van der Waals surface area contributed by atoms with Crippen molar-refractivity contribution in [1.82, 2.24) is 4.57 Å². The summed E-state index contributed by atoms with van der Waals surface area (Å²) in [5, 5.41) is 32.5. The molecule has 0 saturated carbocycles. The zero-order chi connectivity index (χ0) is 24.2. The predicted molar refractivity (Wildman–Crippen MR) is 125 cm³/mol. The van der Waals surface area contributed by atoms with E-state index >= 15 is 0 Å². The lowest BCUT2D eigenvalue weighted by Gasteiger charge is -2.09. The summed E-state index contributed by atoms with van der Waals surface area (Å²) < 4.78 is 1.38. The topological polar surface area (TPSA) is 139 Å². The summed E-state index contributed by atoms with van der Waals surface area (Å²) in [6.07, 6.45) is 0. The van der Waals surface area contributed by atoms with Gasteiger partial charge in [-0.25, -0.2) is 0 Å². The van der Waals surface area contributed by atoms with Crippen LogP contribution >= 0.6 is 0 Å². The number of nitro groups is 1. The minimum Gasteiger partial charge on any atom is -0.493 e. The number of fused-ring (bicyclic) bond motifs is 1. The van der Waals surface area contributed by atoms with Crippen LogP contribution in [0, 0.1) is 17.0 Å². The first-order chi connectivity index (χ1) is 16.3. The number of amides is 2. The van der Waals surface area contributed by atoms with Crippen molar-refractivity contribution in [3.63, 3.8) is 0 Å². The molecule has 0 aliphatic heterocycles. The molecule has 34 heavy (non-hydrogen) atoms. The van der Waals surface area contributed by atoms with Gasteiger partial charge in [0.2, 0.25) is 11.8 Å². The molecule has 170 valence electrons. The molecule has 2 amide bonds. The van der Waals surface area contributed by atoms with Crippen molar-refractivity contribution in [3.05, 3.63) is 94.0 Å². The number of para-hydroxylation sites is 1. The molecule has 10 heteroatoms. The predicted octanol–water partition coefficient (Wildman–Crippen LogP) is 5.13. The molecule has 0 bridgehead atoms. The van der Waals surface area contributed by atoms with Crippen molar-refractivity contribution < 1.29 is 19.6 Å². The van der Waals surface area contributed by atoms with Crippen LogP contribution in [0.2, 0.25) is 0 Å². The standard InChI is InChI=1S/C24H19N5O5/c1-15-5-4-6-17(13-15)25-21(30)14-28-20-8-3-2-7-19(20)22(24(28)32)26-27-23(31)16-9-11-18(12-10-16)29(33)34/h2-13,32H,14H2,1H3,(H,25,30). The Balaban J connectivity index is 1.60. The number of rotatable bonds is 6. The van der Waals surface area contributed by atoms with Crippen molar-refractivity contribution in [2.24, 2.45) is 10.2 Å². The van der Waals surface area contributed by atoms with E-state index in [1.807, 2.05) is 25.1 Å². The van der Waals surface area contributed by atoms with Gasteiger partial charge < -0.3 is 15.0 Å². The number of nitro benzene ring substituents is 1. The molecule has 4 aromatic rings. The van der Waals surface area contributed by atoms with E-state index in [9.17, 15) is 24.8 Å². The Morgan fingerprint density at radius 2 is 1.79 bits per heavy atom. The molecule has 0 radical (unpaired) electrons. The van der Waals surface area contributed by atoms with Gasteiger partial charge in [0.25, 0.3) is 11.6 Å². The number of carbonyl (C=O) groups excluding carboxylic acids is 2. The summed E-state index contributed by atoms with van der Waals surface area (Å²) in [6.45, 7) is 1.72. The monoisotopic (exact) mass is 457 g/mol. The molecule has 0 atom stereocenters. The van der Waals surface area contributed by atoms with Crippen LogP contribution < -0.4 is 5.32 Å². The number of aromatic hydroxyl groups is 1. The lowest BCUT2D eigenvalue weighted by molar-refractivity contribution is -0.384. The van der Waals surface area contributed by atoms with Crippen LogP contribution in [-0.4, -0.2) is 26.4 Å². The molecule has 0 aliphatic rings. The van der Waals surface area contributed by atoms with E-state index in [1.165, 1.54) is 28.8 Å². The summed E-state index contributed by atoms with van der Waals surface area (Å²) in [7, 11) is 0. The Labute approximate surface area is 193 Å². The summed E-state index contributed by atoms with van der Waals surface area (Å²) in [6, 6.07) is 19.2. The summed E-state index contributed by atoms with van der Waals surface area (Å²) >= 11 is 0. The zero-order valence-corrected chi connectivity index (χ0v) is 18.0. The molecule has 0 unspecified atom stereocenters. The van der Waals surface area contributed by atoms with E-state index in [0.29, 0.717) is 16.6 Å². The Morgan fingerprint density at radius 1 is 1.06 bits per heavy atom. The van der Waals surface area contributed by atoms with E-state index in [0.717, 1.165) is 5.56 Å². The van der Waals surface area contributed by atoms with Gasteiger partial charge in [-0.3, -0.25) is 19.7 Å². The molecular formula is C24H19N5O5. The van der Waals surface area contributed by atoms with Gasteiger partial charge in [0.15, 0.2) is 5.69 Å².